The minimum Gasteiger partial charge on any atom is -0.481 e. The van der Waals surface area contributed by atoms with Crippen LogP contribution in [0.4, 0.5) is 0 Å². The molecule has 96 valence electrons. The molecule has 0 aromatic heterocycles. The zero-order valence-electron chi connectivity index (χ0n) is 10.4. The number of carbonyl (C=O) groups is 1. The van der Waals surface area contributed by atoms with E-state index in [0.29, 0.717) is 5.92 Å². The van der Waals surface area contributed by atoms with Crippen LogP contribution < -0.4 is 5.32 Å². The molecule has 0 saturated heterocycles. The first-order chi connectivity index (χ1) is 7.56. The molecule has 0 aromatic carbocycles. The number of aliphatic hydroxyl groups excluding tert-OH is 1. The fourth-order valence-corrected chi connectivity index (χ4v) is 1.68. The SMILES string of the molecule is CC(C)CC(CO)NCCCCCC(=O)O. The Labute approximate surface area is 98.1 Å². The summed E-state index contributed by atoms with van der Waals surface area (Å²) in [5, 5.41) is 20.8. The maximum absolute atomic E-state index is 10.3. The minimum absolute atomic E-state index is 0.174. The molecule has 1 atom stereocenters. The van der Waals surface area contributed by atoms with Gasteiger partial charge in [-0.3, -0.25) is 4.79 Å². The van der Waals surface area contributed by atoms with Gasteiger partial charge in [-0.1, -0.05) is 20.3 Å². The maximum atomic E-state index is 10.3. The summed E-state index contributed by atoms with van der Waals surface area (Å²) in [5.41, 5.74) is 0. The Morgan fingerprint density at radius 3 is 2.44 bits per heavy atom. The molecule has 0 fully saturated rings. The first kappa shape index (κ1) is 15.4. The number of aliphatic hydroxyl groups is 1. The molecule has 0 aromatic rings. The van der Waals surface area contributed by atoms with Gasteiger partial charge in [-0.25, -0.2) is 0 Å². The van der Waals surface area contributed by atoms with E-state index in [4.69, 9.17) is 10.2 Å². The maximum Gasteiger partial charge on any atom is 0.303 e. The number of carboxylic acids is 1. The molecule has 0 saturated carbocycles. The smallest absolute Gasteiger partial charge is 0.303 e. The summed E-state index contributed by atoms with van der Waals surface area (Å²) in [6.07, 6.45) is 3.88. The fourth-order valence-electron chi connectivity index (χ4n) is 1.68. The molecule has 0 aliphatic heterocycles. The molecule has 3 N–H and O–H groups in total. The lowest BCUT2D eigenvalue weighted by molar-refractivity contribution is -0.137. The molecule has 0 amide bonds. The van der Waals surface area contributed by atoms with Crippen LogP contribution in [0.5, 0.6) is 0 Å². The number of hydrogen-bond acceptors (Lipinski definition) is 3. The van der Waals surface area contributed by atoms with E-state index in [0.717, 1.165) is 32.2 Å². The predicted molar refractivity (Wildman–Crippen MR) is 64.4 cm³/mol. The van der Waals surface area contributed by atoms with Crippen molar-refractivity contribution in [3.8, 4) is 0 Å². The zero-order chi connectivity index (χ0) is 12.4. The van der Waals surface area contributed by atoms with Crippen molar-refractivity contribution in [1.29, 1.82) is 0 Å². The van der Waals surface area contributed by atoms with E-state index >= 15 is 0 Å². The van der Waals surface area contributed by atoms with E-state index in [1.807, 2.05) is 0 Å². The number of hydrogen-bond donors (Lipinski definition) is 3. The molecule has 0 spiro atoms. The lowest BCUT2D eigenvalue weighted by Crippen LogP contribution is -2.34. The first-order valence-corrected chi connectivity index (χ1v) is 6.12. The molecule has 0 aliphatic carbocycles. The highest BCUT2D eigenvalue weighted by Crippen LogP contribution is 2.05. The van der Waals surface area contributed by atoms with Crippen LogP contribution in [-0.2, 0) is 4.79 Å². The molecule has 4 nitrogen and oxygen atoms in total. The van der Waals surface area contributed by atoms with Gasteiger partial charge < -0.3 is 15.5 Å². The second-order valence-electron chi connectivity index (χ2n) is 4.67. The summed E-state index contributed by atoms with van der Waals surface area (Å²) < 4.78 is 0. The van der Waals surface area contributed by atoms with Gasteiger partial charge >= 0.3 is 5.97 Å². The topological polar surface area (TPSA) is 69.6 Å². The Bertz CT molecular complexity index is 183. The van der Waals surface area contributed by atoms with Crippen molar-refractivity contribution in [3.63, 3.8) is 0 Å². The number of carboxylic acid groups (broad SMARTS) is 1. The average molecular weight is 231 g/mol. The van der Waals surface area contributed by atoms with Gasteiger partial charge in [0.1, 0.15) is 0 Å². The van der Waals surface area contributed by atoms with Gasteiger partial charge in [0, 0.05) is 12.5 Å². The van der Waals surface area contributed by atoms with Gasteiger partial charge in [0.05, 0.1) is 6.61 Å². The molecule has 0 rings (SSSR count). The van der Waals surface area contributed by atoms with E-state index in [1.54, 1.807) is 0 Å². The number of unbranched alkanes of at least 4 members (excludes halogenated alkanes) is 2. The van der Waals surface area contributed by atoms with Gasteiger partial charge in [-0.2, -0.15) is 0 Å². The highest BCUT2D eigenvalue weighted by Gasteiger charge is 2.08. The monoisotopic (exact) mass is 231 g/mol. The zero-order valence-corrected chi connectivity index (χ0v) is 10.4. The van der Waals surface area contributed by atoms with Crippen LogP contribution in [0.25, 0.3) is 0 Å². The van der Waals surface area contributed by atoms with Crippen molar-refractivity contribution < 1.29 is 15.0 Å². The van der Waals surface area contributed by atoms with Crippen molar-refractivity contribution in [2.75, 3.05) is 13.2 Å². The fraction of sp³-hybridized carbons (Fsp3) is 0.917. The quantitative estimate of drug-likeness (QED) is 0.500. The molecule has 0 radical (unpaired) electrons. The van der Waals surface area contributed by atoms with Crippen LogP contribution in [0, 0.1) is 5.92 Å². The molecular weight excluding hydrogens is 206 g/mol. The van der Waals surface area contributed by atoms with E-state index < -0.39 is 5.97 Å². The summed E-state index contributed by atoms with van der Waals surface area (Å²) in [6, 6.07) is 0.180. The molecule has 16 heavy (non-hydrogen) atoms. The van der Waals surface area contributed by atoms with Gasteiger partial charge in [0.25, 0.3) is 0 Å². The normalized spacial score (nSPS) is 13.0. The van der Waals surface area contributed by atoms with E-state index in [1.165, 1.54) is 0 Å². The minimum atomic E-state index is -0.721. The Morgan fingerprint density at radius 1 is 1.25 bits per heavy atom. The highest BCUT2D eigenvalue weighted by molar-refractivity contribution is 5.66. The largest absolute Gasteiger partial charge is 0.481 e. The van der Waals surface area contributed by atoms with E-state index in [9.17, 15) is 4.79 Å². The Balaban J connectivity index is 3.37. The van der Waals surface area contributed by atoms with E-state index in [-0.39, 0.29) is 19.1 Å². The number of nitrogens with one attached hydrogen (secondary N) is 1. The summed E-state index contributed by atoms with van der Waals surface area (Å²) in [4.78, 5) is 10.3. The lowest BCUT2D eigenvalue weighted by Gasteiger charge is -2.18. The number of rotatable bonds is 10. The summed E-state index contributed by atoms with van der Waals surface area (Å²) >= 11 is 0. The van der Waals surface area contributed by atoms with Gasteiger partial charge in [-0.05, 0) is 31.7 Å². The van der Waals surface area contributed by atoms with Gasteiger partial charge in [-0.15, -0.1) is 0 Å². The summed E-state index contributed by atoms with van der Waals surface area (Å²) in [6.45, 7) is 5.30. The molecule has 0 aliphatic rings. The molecular formula is C12H25NO3. The van der Waals surface area contributed by atoms with Crippen LogP contribution in [0.1, 0.15) is 46.0 Å². The summed E-state index contributed by atoms with van der Waals surface area (Å²) in [7, 11) is 0. The Hall–Kier alpha value is -0.610. The third kappa shape index (κ3) is 9.93. The Kier molecular flexibility index (Phi) is 9.24. The molecule has 0 bridgehead atoms. The molecule has 1 unspecified atom stereocenters. The van der Waals surface area contributed by atoms with Crippen molar-refractivity contribution >= 4 is 5.97 Å². The van der Waals surface area contributed by atoms with Crippen LogP contribution in [0.3, 0.4) is 0 Å². The van der Waals surface area contributed by atoms with Crippen molar-refractivity contribution in [1.82, 2.24) is 5.32 Å². The third-order valence-electron chi connectivity index (χ3n) is 2.48. The second-order valence-corrected chi connectivity index (χ2v) is 4.67. The average Bonchev–Trinajstić information content (AvgIpc) is 2.20. The second kappa shape index (κ2) is 9.60. The van der Waals surface area contributed by atoms with Crippen LogP contribution >= 0.6 is 0 Å². The number of aliphatic carboxylic acids is 1. The standard InChI is InChI=1S/C12H25NO3/c1-10(2)8-11(9-14)13-7-5-3-4-6-12(15)16/h10-11,13-14H,3-9H2,1-2H3,(H,15,16). The first-order valence-electron chi connectivity index (χ1n) is 6.12. The molecule has 4 heteroatoms. The van der Waals surface area contributed by atoms with Crippen LogP contribution in [0.2, 0.25) is 0 Å². The van der Waals surface area contributed by atoms with Crippen molar-refractivity contribution in [2.24, 2.45) is 5.92 Å². The highest BCUT2D eigenvalue weighted by atomic mass is 16.4. The lowest BCUT2D eigenvalue weighted by atomic mass is 10.0. The molecule has 0 heterocycles. The Morgan fingerprint density at radius 2 is 1.94 bits per heavy atom. The predicted octanol–water partition coefficient (Wildman–Crippen LogP) is 1.63. The van der Waals surface area contributed by atoms with Crippen LogP contribution in [-0.4, -0.2) is 35.4 Å². The van der Waals surface area contributed by atoms with Crippen LogP contribution in [0.15, 0.2) is 0 Å². The third-order valence-corrected chi connectivity index (χ3v) is 2.48. The van der Waals surface area contributed by atoms with E-state index in [2.05, 4.69) is 19.2 Å². The van der Waals surface area contributed by atoms with Crippen molar-refractivity contribution in [2.45, 2.75) is 52.0 Å². The van der Waals surface area contributed by atoms with Gasteiger partial charge in [0.2, 0.25) is 0 Å². The van der Waals surface area contributed by atoms with Crippen molar-refractivity contribution in [3.05, 3.63) is 0 Å². The van der Waals surface area contributed by atoms with Gasteiger partial charge in [0.15, 0.2) is 0 Å². The summed E-state index contributed by atoms with van der Waals surface area (Å²) in [5.74, 6) is -0.141.